The summed E-state index contributed by atoms with van der Waals surface area (Å²) in [7, 11) is -3.50. The van der Waals surface area contributed by atoms with Crippen LogP contribution in [0.5, 0.6) is 0 Å². The van der Waals surface area contributed by atoms with E-state index in [4.69, 9.17) is 0 Å². The van der Waals surface area contributed by atoms with E-state index in [-0.39, 0.29) is 11.8 Å². The fourth-order valence-electron chi connectivity index (χ4n) is 3.16. The van der Waals surface area contributed by atoms with E-state index in [0.717, 1.165) is 16.8 Å². The lowest BCUT2D eigenvalue weighted by Gasteiger charge is -2.30. The number of anilines is 1. The molecule has 0 atom stereocenters. The summed E-state index contributed by atoms with van der Waals surface area (Å²) in [4.78, 5) is 12.8. The monoisotopic (exact) mass is 372 g/mol. The van der Waals surface area contributed by atoms with Gasteiger partial charge in [-0.1, -0.05) is 29.8 Å². The molecule has 0 aliphatic carbocycles. The van der Waals surface area contributed by atoms with Gasteiger partial charge in [0, 0.05) is 24.7 Å². The second-order valence-electron chi connectivity index (χ2n) is 6.85. The molecule has 2 aromatic carbocycles. The van der Waals surface area contributed by atoms with Gasteiger partial charge in [-0.2, -0.15) is 4.31 Å². The maximum Gasteiger partial charge on any atom is 0.243 e. The molecule has 26 heavy (non-hydrogen) atoms. The van der Waals surface area contributed by atoms with Crippen molar-refractivity contribution in [3.8, 4) is 0 Å². The third kappa shape index (κ3) is 4.14. The molecule has 1 heterocycles. The zero-order chi connectivity index (χ0) is 18.7. The van der Waals surface area contributed by atoms with Crippen molar-refractivity contribution in [3.05, 3.63) is 59.7 Å². The van der Waals surface area contributed by atoms with Crippen LogP contribution in [0.4, 0.5) is 5.69 Å². The average Bonchev–Trinajstić information content (AvgIpc) is 2.64. The number of aryl methyl sites for hydroxylation is 2. The molecule has 1 fully saturated rings. The number of carbonyl (C=O) groups excluding carboxylic acids is 1. The molecule has 5 nitrogen and oxygen atoms in total. The highest BCUT2D eigenvalue weighted by molar-refractivity contribution is 7.89. The van der Waals surface area contributed by atoms with Gasteiger partial charge < -0.3 is 5.32 Å². The molecule has 138 valence electrons. The molecule has 0 saturated carbocycles. The molecule has 3 rings (SSSR count). The first-order chi connectivity index (χ1) is 12.4. The first-order valence-electron chi connectivity index (χ1n) is 8.80. The molecule has 1 aliphatic rings. The standard InChI is InChI=1S/C20H24N2O3S/c1-15-6-8-18(9-7-15)21-20(23)17-10-12-22(13-11-17)26(24,25)19-5-3-4-16(2)14-19/h3-9,14,17H,10-13H2,1-2H3,(H,21,23). The topological polar surface area (TPSA) is 66.5 Å². The number of nitrogens with one attached hydrogen (secondary N) is 1. The highest BCUT2D eigenvalue weighted by atomic mass is 32.2. The van der Waals surface area contributed by atoms with E-state index in [9.17, 15) is 13.2 Å². The van der Waals surface area contributed by atoms with Crippen molar-refractivity contribution in [2.45, 2.75) is 31.6 Å². The summed E-state index contributed by atoms with van der Waals surface area (Å²) in [5, 5.41) is 2.92. The maximum atomic E-state index is 12.8. The Bertz CT molecular complexity index is 884. The molecule has 1 aliphatic heterocycles. The molecule has 0 radical (unpaired) electrons. The Balaban J connectivity index is 1.61. The Morgan fingerprint density at radius 3 is 2.27 bits per heavy atom. The van der Waals surface area contributed by atoms with Crippen LogP contribution < -0.4 is 5.32 Å². The number of amides is 1. The third-order valence-corrected chi connectivity index (χ3v) is 6.67. The number of hydrogen-bond acceptors (Lipinski definition) is 3. The fourth-order valence-corrected chi connectivity index (χ4v) is 4.74. The van der Waals surface area contributed by atoms with Crippen LogP contribution in [0.15, 0.2) is 53.4 Å². The Morgan fingerprint density at radius 2 is 1.65 bits per heavy atom. The van der Waals surface area contributed by atoms with Crippen LogP contribution in [-0.4, -0.2) is 31.7 Å². The van der Waals surface area contributed by atoms with Crippen LogP contribution in [0.3, 0.4) is 0 Å². The molecule has 0 bridgehead atoms. The first kappa shape index (κ1) is 18.6. The van der Waals surface area contributed by atoms with Crippen LogP contribution in [-0.2, 0) is 14.8 Å². The molecule has 1 N–H and O–H groups in total. The predicted molar refractivity (Wildman–Crippen MR) is 102 cm³/mol. The predicted octanol–water partition coefficient (Wildman–Crippen LogP) is 3.34. The lowest BCUT2D eigenvalue weighted by Crippen LogP contribution is -2.41. The van der Waals surface area contributed by atoms with Crippen LogP contribution in [0, 0.1) is 19.8 Å². The van der Waals surface area contributed by atoms with Crippen LogP contribution >= 0.6 is 0 Å². The number of carbonyl (C=O) groups is 1. The quantitative estimate of drug-likeness (QED) is 0.895. The van der Waals surface area contributed by atoms with E-state index in [2.05, 4.69) is 5.32 Å². The number of piperidine rings is 1. The van der Waals surface area contributed by atoms with Crippen LogP contribution in [0.1, 0.15) is 24.0 Å². The number of rotatable bonds is 4. The summed E-state index contributed by atoms with van der Waals surface area (Å²) >= 11 is 0. The molecule has 6 heteroatoms. The number of benzene rings is 2. The second-order valence-corrected chi connectivity index (χ2v) is 8.79. The molecule has 0 unspecified atom stereocenters. The summed E-state index contributed by atoms with van der Waals surface area (Å²) in [5.41, 5.74) is 2.83. The van der Waals surface area contributed by atoms with Gasteiger partial charge in [0.15, 0.2) is 0 Å². The highest BCUT2D eigenvalue weighted by Gasteiger charge is 2.32. The van der Waals surface area contributed by atoms with Gasteiger partial charge in [-0.25, -0.2) is 8.42 Å². The average molecular weight is 372 g/mol. The van der Waals surface area contributed by atoms with Gasteiger partial charge in [-0.15, -0.1) is 0 Å². The van der Waals surface area contributed by atoms with Crippen molar-refractivity contribution >= 4 is 21.6 Å². The number of sulfonamides is 1. The lowest BCUT2D eigenvalue weighted by atomic mass is 9.97. The summed E-state index contributed by atoms with van der Waals surface area (Å²) < 4.78 is 27.0. The van der Waals surface area contributed by atoms with Crippen molar-refractivity contribution in [1.82, 2.24) is 4.31 Å². The maximum absolute atomic E-state index is 12.8. The number of nitrogens with zero attached hydrogens (tertiary/aromatic N) is 1. The molecule has 1 saturated heterocycles. The first-order valence-corrected chi connectivity index (χ1v) is 10.2. The van der Waals surface area contributed by atoms with E-state index in [0.29, 0.717) is 30.8 Å². The van der Waals surface area contributed by atoms with E-state index >= 15 is 0 Å². The minimum Gasteiger partial charge on any atom is -0.326 e. The minimum atomic E-state index is -3.50. The SMILES string of the molecule is Cc1ccc(NC(=O)C2CCN(S(=O)(=O)c3cccc(C)c3)CC2)cc1. The second kappa shape index (κ2) is 7.60. The molecular weight excluding hydrogens is 348 g/mol. The molecular formula is C20H24N2O3S. The zero-order valence-corrected chi connectivity index (χ0v) is 15.9. The summed E-state index contributed by atoms with van der Waals surface area (Å²) in [6.07, 6.45) is 1.06. The van der Waals surface area contributed by atoms with E-state index in [1.54, 1.807) is 18.2 Å². The Hall–Kier alpha value is -2.18. The minimum absolute atomic E-state index is 0.0403. The third-order valence-electron chi connectivity index (χ3n) is 4.77. The molecule has 2 aromatic rings. The summed E-state index contributed by atoms with van der Waals surface area (Å²) in [6.45, 7) is 4.60. The van der Waals surface area contributed by atoms with Gasteiger partial charge in [-0.05, 0) is 56.5 Å². The van der Waals surface area contributed by atoms with Crippen LogP contribution in [0.25, 0.3) is 0 Å². The summed E-state index contributed by atoms with van der Waals surface area (Å²) in [6, 6.07) is 14.6. The lowest BCUT2D eigenvalue weighted by molar-refractivity contribution is -0.120. The largest absolute Gasteiger partial charge is 0.326 e. The van der Waals surface area contributed by atoms with Crippen molar-refractivity contribution in [1.29, 1.82) is 0 Å². The van der Waals surface area contributed by atoms with Gasteiger partial charge in [0.25, 0.3) is 0 Å². The van der Waals surface area contributed by atoms with E-state index in [1.807, 2.05) is 44.2 Å². The number of hydrogen-bond donors (Lipinski definition) is 1. The van der Waals surface area contributed by atoms with Gasteiger partial charge in [-0.3, -0.25) is 4.79 Å². The molecule has 0 aromatic heterocycles. The Labute approximate surface area is 155 Å². The molecule has 0 spiro atoms. The van der Waals surface area contributed by atoms with Crippen molar-refractivity contribution in [2.75, 3.05) is 18.4 Å². The summed E-state index contributed by atoms with van der Waals surface area (Å²) in [5.74, 6) is -0.207. The van der Waals surface area contributed by atoms with Gasteiger partial charge >= 0.3 is 0 Å². The van der Waals surface area contributed by atoms with Gasteiger partial charge in [0.05, 0.1) is 4.90 Å². The van der Waals surface area contributed by atoms with Crippen molar-refractivity contribution < 1.29 is 13.2 Å². The smallest absolute Gasteiger partial charge is 0.243 e. The van der Waals surface area contributed by atoms with E-state index < -0.39 is 10.0 Å². The van der Waals surface area contributed by atoms with Gasteiger partial charge in [0.1, 0.15) is 0 Å². The van der Waals surface area contributed by atoms with Crippen molar-refractivity contribution in [2.24, 2.45) is 5.92 Å². The fraction of sp³-hybridized carbons (Fsp3) is 0.350. The van der Waals surface area contributed by atoms with Crippen molar-refractivity contribution in [3.63, 3.8) is 0 Å². The zero-order valence-electron chi connectivity index (χ0n) is 15.1. The van der Waals surface area contributed by atoms with E-state index in [1.165, 1.54) is 4.31 Å². The normalized spacial score (nSPS) is 16.4. The Kier molecular flexibility index (Phi) is 5.44. The Morgan fingerprint density at radius 1 is 1.00 bits per heavy atom. The highest BCUT2D eigenvalue weighted by Crippen LogP contribution is 2.25. The van der Waals surface area contributed by atoms with Crippen LogP contribution in [0.2, 0.25) is 0 Å². The van der Waals surface area contributed by atoms with Gasteiger partial charge in [0.2, 0.25) is 15.9 Å². The molecule has 1 amide bonds.